The van der Waals surface area contributed by atoms with Gasteiger partial charge in [0, 0.05) is 17.3 Å². The lowest BCUT2D eigenvalue weighted by molar-refractivity contribution is 0.815. The molecule has 0 radical (unpaired) electrons. The third-order valence-corrected chi connectivity index (χ3v) is 3.48. The van der Waals surface area contributed by atoms with Crippen LogP contribution in [0.5, 0.6) is 0 Å². The quantitative estimate of drug-likeness (QED) is 0.676. The van der Waals surface area contributed by atoms with Crippen LogP contribution in [0.4, 0.5) is 0 Å². The number of hydrogen-bond acceptors (Lipinski definition) is 2. The van der Waals surface area contributed by atoms with Crippen LogP contribution in [0, 0.1) is 0 Å². The van der Waals surface area contributed by atoms with Gasteiger partial charge in [0.05, 0.1) is 17.1 Å². The highest BCUT2D eigenvalue weighted by Gasteiger charge is 2.13. The van der Waals surface area contributed by atoms with Gasteiger partial charge in [0.15, 0.2) is 0 Å². The number of aromatic nitrogens is 2. The molecule has 0 saturated heterocycles. The average molecular weight is 274 g/mol. The van der Waals surface area contributed by atoms with Crippen molar-refractivity contribution in [2.75, 3.05) is 0 Å². The molecule has 3 rings (SSSR count). The maximum absolute atomic E-state index is 4.86. The Kier molecular flexibility index (Phi) is 3.78. The van der Waals surface area contributed by atoms with Gasteiger partial charge in [0.25, 0.3) is 0 Å². The van der Waals surface area contributed by atoms with E-state index in [0.717, 1.165) is 28.2 Å². The summed E-state index contributed by atoms with van der Waals surface area (Å²) in [7, 11) is 0. The molecule has 0 atom stereocenters. The summed E-state index contributed by atoms with van der Waals surface area (Å²) in [5.74, 6) is 0.366. The van der Waals surface area contributed by atoms with E-state index in [1.54, 1.807) is 0 Å². The lowest BCUT2D eigenvalue weighted by Gasteiger charge is -2.12. The molecule has 0 spiro atoms. The van der Waals surface area contributed by atoms with E-state index in [1.807, 2.05) is 42.6 Å². The maximum Gasteiger partial charge on any atom is 0.0968 e. The van der Waals surface area contributed by atoms with Crippen LogP contribution >= 0.6 is 0 Å². The summed E-state index contributed by atoms with van der Waals surface area (Å²) in [6.45, 7) is 4.28. The molecule has 0 N–H and O–H groups in total. The second kappa shape index (κ2) is 5.88. The van der Waals surface area contributed by atoms with E-state index in [1.165, 1.54) is 0 Å². The molecule has 2 nitrogen and oxygen atoms in total. The van der Waals surface area contributed by atoms with Gasteiger partial charge in [0.2, 0.25) is 0 Å². The molecule has 1 aromatic heterocycles. The minimum absolute atomic E-state index is 0.366. The first-order chi connectivity index (χ1) is 10.3. The van der Waals surface area contributed by atoms with E-state index in [4.69, 9.17) is 4.98 Å². The largest absolute Gasteiger partial charge is 0.252 e. The highest BCUT2D eigenvalue weighted by atomic mass is 14.8. The van der Waals surface area contributed by atoms with Gasteiger partial charge >= 0.3 is 0 Å². The first-order valence-corrected chi connectivity index (χ1v) is 7.23. The Balaban J connectivity index is 2.21. The van der Waals surface area contributed by atoms with Gasteiger partial charge in [0.1, 0.15) is 0 Å². The van der Waals surface area contributed by atoms with Crippen molar-refractivity contribution < 1.29 is 0 Å². The molecule has 0 aliphatic carbocycles. The van der Waals surface area contributed by atoms with Crippen molar-refractivity contribution in [3.63, 3.8) is 0 Å². The van der Waals surface area contributed by atoms with Gasteiger partial charge in [-0.25, -0.2) is 4.98 Å². The second-order valence-corrected chi connectivity index (χ2v) is 5.38. The molecule has 0 fully saturated rings. The third-order valence-electron chi connectivity index (χ3n) is 3.48. The van der Waals surface area contributed by atoms with E-state index in [0.29, 0.717) is 5.92 Å². The molecule has 0 unspecified atom stereocenters. The molecule has 3 aromatic rings. The van der Waals surface area contributed by atoms with Gasteiger partial charge in [-0.3, -0.25) is 4.98 Å². The highest BCUT2D eigenvalue weighted by molar-refractivity contribution is 5.77. The Hall–Kier alpha value is -2.48. The summed E-state index contributed by atoms with van der Waals surface area (Å²) < 4.78 is 0. The predicted molar refractivity (Wildman–Crippen MR) is 87.0 cm³/mol. The van der Waals surface area contributed by atoms with Crippen molar-refractivity contribution in [2.24, 2.45) is 0 Å². The summed E-state index contributed by atoms with van der Waals surface area (Å²) in [4.78, 5) is 9.54. The topological polar surface area (TPSA) is 25.8 Å². The van der Waals surface area contributed by atoms with Crippen LogP contribution in [-0.2, 0) is 0 Å². The molecule has 104 valence electrons. The summed E-state index contributed by atoms with van der Waals surface area (Å²) in [5, 5.41) is 0. The van der Waals surface area contributed by atoms with Crippen LogP contribution in [-0.4, -0.2) is 9.97 Å². The van der Waals surface area contributed by atoms with Crippen molar-refractivity contribution in [1.29, 1.82) is 0 Å². The lowest BCUT2D eigenvalue weighted by atomic mass is 10.0. The molecule has 1 heterocycles. The fourth-order valence-corrected chi connectivity index (χ4v) is 2.29. The normalized spacial score (nSPS) is 10.8. The van der Waals surface area contributed by atoms with Crippen molar-refractivity contribution in [3.05, 3.63) is 72.6 Å². The molecular formula is C19H18N2. The van der Waals surface area contributed by atoms with Gasteiger partial charge in [-0.15, -0.1) is 0 Å². The van der Waals surface area contributed by atoms with Crippen molar-refractivity contribution >= 4 is 0 Å². The van der Waals surface area contributed by atoms with Crippen LogP contribution in [0.3, 0.4) is 0 Å². The van der Waals surface area contributed by atoms with Crippen molar-refractivity contribution in [2.45, 2.75) is 19.8 Å². The molecule has 0 amide bonds. The standard InChI is InChI=1S/C19H18N2/c1-14(2)17-13-20-18(15-9-5-3-6-10-15)19(21-17)16-11-7-4-8-12-16/h3-14H,1-2H3. The Labute approximate surface area is 125 Å². The first kappa shape index (κ1) is 13.5. The third kappa shape index (κ3) is 2.84. The summed E-state index contributed by atoms with van der Waals surface area (Å²) in [5.41, 5.74) is 5.11. The number of nitrogens with zero attached hydrogens (tertiary/aromatic N) is 2. The first-order valence-electron chi connectivity index (χ1n) is 7.23. The van der Waals surface area contributed by atoms with E-state index in [9.17, 15) is 0 Å². The summed E-state index contributed by atoms with van der Waals surface area (Å²) in [6.07, 6.45) is 1.89. The highest BCUT2D eigenvalue weighted by Crippen LogP contribution is 2.29. The summed E-state index contributed by atoms with van der Waals surface area (Å²) >= 11 is 0. The van der Waals surface area contributed by atoms with E-state index >= 15 is 0 Å². The van der Waals surface area contributed by atoms with Crippen LogP contribution in [0.15, 0.2) is 66.9 Å². The van der Waals surface area contributed by atoms with Crippen LogP contribution in [0.1, 0.15) is 25.5 Å². The zero-order valence-electron chi connectivity index (χ0n) is 12.3. The van der Waals surface area contributed by atoms with Crippen LogP contribution in [0.25, 0.3) is 22.5 Å². The van der Waals surface area contributed by atoms with Crippen molar-refractivity contribution in [1.82, 2.24) is 9.97 Å². The SMILES string of the molecule is CC(C)c1cnc(-c2ccccc2)c(-c2ccccc2)n1. The Morgan fingerprint density at radius 3 is 1.76 bits per heavy atom. The molecule has 21 heavy (non-hydrogen) atoms. The van der Waals surface area contributed by atoms with Gasteiger partial charge in [-0.2, -0.15) is 0 Å². The Morgan fingerprint density at radius 2 is 1.24 bits per heavy atom. The molecule has 0 bridgehead atoms. The Morgan fingerprint density at radius 1 is 0.714 bits per heavy atom. The van der Waals surface area contributed by atoms with Crippen LogP contribution < -0.4 is 0 Å². The lowest BCUT2D eigenvalue weighted by Crippen LogP contribution is -2.00. The average Bonchev–Trinajstić information content (AvgIpc) is 2.56. The number of benzene rings is 2. The van der Waals surface area contributed by atoms with Crippen LogP contribution in [0.2, 0.25) is 0 Å². The monoisotopic (exact) mass is 274 g/mol. The molecule has 0 saturated carbocycles. The maximum atomic E-state index is 4.86. The fourth-order valence-electron chi connectivity index (χ4n) is 2.29. The predicted octanol–water partition coefficient (Wildman–Crippen LogP) is 4.93. The summed E-state index contributed by atoms with van der Waals surface area (Å²) in [6, 6.07) is 20.5. The van der Waals surface area contributed by atoms with Gasteiger partial charge in [-0.05, 0) is 5.92 Å². The second-order valence-electron chi connectivity index (χ2n) is 5.38. The van der Waals surface area contributed by atoms with E-state index < -0.39 is 0 Å². The zero-order valence-corrected chi connectivity index (χ0v) is 12.3. The van der Waals surface area contributed by atoms with E-state index in [-0.39, 0.29) is 0 Å². The minimum Gasteiger partial charge on any atom is -0.252 e. The van der Waals surface area contributed by atoms with Gasteiger partial charge in [-0.1, -0.05) is 74.5 Å². The molecule has 0 aliphatic rings. The number of rotatable bonds is 3. The minimum atomic E-state index is 0.366. The van der Waals surface area contributed by atoms with Crippen molar-refractivity contribution in [3.8, 4) is 22.5 Å². The molecule has 0 aliphatic heterocycles. The zero-order chi connectivity index (χ0) is 14.7. The van der Waals surface area contributed by atoms with Gasteiger partial charge < -0.3 is 0 Å². The molecule has 2 aromatic carbocycles. The fraction of sp³-hybridized carbons (Fsp3) is 0.158. The molecule has 2 heteroatoms. The van der Waals surface area contributed by atoms with E-state index in [2.05, 4.69) is 43.1 Å². The Bertz CT molecular complexity index is 719. The molecular weight excluding hydrogens is 256 g/mol. The number of hydrogen-bond donors (Lipinski definition) is 0. The smallest absolute Gasteiger partial charge is 0.0968 e.